The Morgan fingerprint density at radius 1 is 1.39 bits per heavy atom. The van der Waals surface area contributed by atoms with Gasteiger partial charge in [0, 0.05) is 5.92 Å². The van der Waals surface area contributed by atoms with E-state index in [0.29, 0.717) is 5.76 Å². The Balaban J connectivity index is 1.85. The molecule has 0 aliphatic heterocycles. The lowest BCUT2D eigenvalue weighted by Crippen LogP contribution is -2.30. The zero-order chi connectivity index (χ0) is 13.0. The smallest absolute Gasteiger partial charge is 0.371 e. The molecule has 1 aromatic heterocycles. The first-order chi connectivity index (χ1) is 8.66. The van der Waals surface area contributed by atoms with Gasteiger partial charge in [-0.25, -0.2) is 4.79 Å². The number of carboxylic acid groups (broad SMARTS) is 1. The summed E-state index contributed by atoms with van der Waals surface area (Å²) >= 11 is 0. The molecular weight excluding hydrogens is 234 g/mol. The van der Waals surface area contributed by atoms with Gasteiger partial charge in [-0.3, -0.25) is 4.79 Å². The van der Waals surface area contributed by atoms with Gasteiger partial charge in [-0.1, -0.05) is 12.2 Å². The van der Waals surface area contributed by atoms with Crippen molar-refractivity contribution in [2.24, 2.45) is 5.92 Å². The van der Waals surface area contributed by atoms with Crippen molar-refractivity contribution in [2.45, 2.75) is 25.8 Å². The fraction of sp³-hybridized carbons (Fsp3) is 0.385. The van der Waals surface area contributed by atoms with Crippen LogP contribution in [0, 0.1) is 5.92 Å². The van der Waals surface area contributed by atoms with Gasteiger partial charge in [0.2, 0.25) is 11.7 Å². The van der Waals surface area contributed by atoms with Gasteiger partial charge < -0.3 is 14.8 Å². The summed E-state index contributed by atoms with van der Waals surface area (Å²) in [5, 5.41) is 11.5. The SMILES string of the molecule is O=C(O)c1ccc(CNC(=O)C2CC=CCC2)o1. The third-order valence-corrected chi connectivity index (χ3v) is 2.95. The van der Waals surface area contributed by atoms with E-state index in [9.17, 15) is 9.59 Å². The quantitative estimate of drug-likeness (QED) is 0.799. The molecule has 0 saturated heterocycles. The summed E-state index contributed by atoms with van der Waals surface area (Å²) < 4.78 is 5.05. The van der Waals surface area contributed by atoms with Crippen LogP contribution in [0.25, 0.3) is 0 Å². The Morgan fingerprint density at radius 3 is 2.83 bits per heavy atom. The topological polar surface area (TPSA) is 79.5 Å². The van der Waals surface area contributed by atoms with E-state index >= 15 is 0 Å². The first-order valence-corrected chi connectivity index (χ1v) is 5.91. The number of allylic oxidation sites excluding steroid dienone is 2. The molecule has 0 fully saturated rings. The van der Waals surface area contributed by atoms with Gasteiger partial charge in [0.05, 0.1) is 6.54 Å². The number of hydrogen-bond acceptors (Lipinski definition) is 3. The molecule has 0 radical (unpaired) electrons. The number of hydrogen-bond donors (Lipinski definition) is 2. The van der Waals surface area contributed by atoms with E-state index in [-0.39, 0.29) is 24.1 Å². The van der Waals surface area contributed by atoms with Gasteiger partial charge in [0.15, 0.2) is 0 Å². The first kappa shape index (κ1) is 12.4. The summed E-state index contributed by atoms with van der Waals surface area (Å²) in [4.78, 5) is 22.4. The Labute approximate surface area is 104 Å². The van der Waals surface area contributed by atoms with E-state index < -0.39 is 5.97 Å². The van der Waals surface area contributed by atoms with E-state index in [1.54, 1.807) is 6.07 Å². The molecule has 1 heterocycles. The number of carbonyl (C=O) groups is 2. The van der Waals surface area contributed by atoms with Crippen molar-refractivity contribution in [2.75, 3.05) is 0 Å². The van der Waals surface area contributed by atoms with Crippen molar-refractivity contribution in [3.8, 4) is 0 Å². The predicted octanol–water partition coefficient (Wildman–Crippen LogP) is 1.95. The normalized spacial score (nSPS) is 18.6. The van der Waals surface area contributed by atoms with Crippen LogP contribution in [0.3, 0.4) is 0 Å². The largest absolute Gasteiger partial charge is 0.475 e. The minimum Gasteiger partial charge on any atom is -0.475 e. The second kappa shape index (κ2) is 5.53. The highest BCUT2D eigenvalue weighted by Crippen LogP contribution is 2.18. The molecule has 0 aromatic carbocycles. The molecule has 0 spiro atoms. The third-order valence-electron chi connectivity index (χ3n) is 2.95. The third kappa shape index (κ3) is 3.00. The van der Waals surface area contributed by atoms with Gasteiger partial charge in [-0.15, -0.1) is 0 Å². The average Bonchev–Trinajstić information content (AvgIpc) is 2.86. The number of furan rings is 1. The maximum Gasteiger partial charge on any atom is 0.371 e. The fourth-order valence-corrected chi connectivity index (χ4v) is 1.94. The lowest BCUT2D eigenvalue weighted by molar-refractivity contribution is -0.125. The van der Waals surface area contributed by atoms with Crippen LogP contribution < -0.4 is 5.32 Å². The summed E-state index contributed by atoms with van der Waals surface area (Å²) in [6, 6.07) is 2.94. The molecule has 0 saturated carbocycles. The second-order valence-electron chi connectivity index (χ2n) is 4.27. The van der Waals surface area contributed by atoms with Crippen LogP contribution in [-0.4, -0.2) is 17.0 Å². The molecule has 96 valence electrons. The first-order valence-electron chi connectivity index (χ1n) is 5.91. The number of carbonyl (C=O) groups excluding carboxylic acids is 1. The summed E-state index contributed by atoms with van der Waals surface area (Å²) in [6.07, 6.45) is 6.66. The Morgan fingerprint density at radius 2 is 2.22 bits per heavy atom. The zero-order valence-electron chi connectivity index (χ0n) is 9.89. The summed E-state index contributed by atoms with van der Waals surface area (Å²) in [5.74, 6) is -0.756. The molecular formula is C13H15NO4. The second-order valence-corrected chi connectivity index (χ2v) is 4.27. The van der Waals surface area contributed by atoms with Crippen LogP contribution in [0.5, 0.6) is 0 Å². The molecule has 5 heteroatoms. The molecule has 2 N–H and O–H groups in total. The van der Waals surface area contributed by atoms with Gasteiger partial charge in [-0.05, 0) is 31.4 Å². The molecule has 2 rings (SSSR count). The number of rotatable bonds is 4. The van der Waals surface area contributed by atoms with Crippen molar-refractivity contribution in [3.63, 3.8) is 0 Å². The molecule has 1 unspecified atom stereocenters. The molecule has 18 heavy (non-hydrogen) atoms. The van der Waals surface area contributed by atoms with Gasteiger partial charge in [0.1, 0.15) is 5.76 Å². The van der Waals surface area contributed by atoms with E-state index in [2.05, 4.69) is 11.4 Å². The van der Waals surface area contributed by atoms with E-state index in [4.69, 9.17) is 9.52 Å². The van der Waals surface area contributed by atoms with Gasteiger partial charge in [-0.2, -0.15) is 0 Å². The number of amides is 1. The molecule has 1 aliphatic carbocycles. The van der Waals surface area contributed by atoms with Crippen LogP contribution in [0.1, 0.15) is 35.6 Å². The minimum atomic E-state index is -1.11. The maximum atomic E-state index is 11.8. The van der Waals surface area contributed by atoms with Gasteiger partial charge >= 0.3 is 5.97 Å². The van der Waals surface area contributed by atoms with Crippen LogP contribution in [-0.2, 0) is 11.3 Å². The number of nitrogens with one attached hydrogen (secondary N) is 1. The minimum absolute atomic E-state index is 0.00683. The number of aromatic carboxylic acids is 1. The zero-order valence-corrected chi connectivity index (χ0v) is 9.89. The average molecular weight is 249 g/mol. The fourth-order valence-electron chi connectivity index (χ4n) is 1.94. The summed E-state index contributed by atoms with van der Waals surface area (Å²) in [7, 11) is 0. The van der Waals surface area contributed by atoms with Crippen molar-refractivity contribution >= 4 is 11.9 Å². The highest BCUT2D eigenvalue weighted by molar-refractivity contribution is 5.84. The van der Waals surface area contributed by atoms with Crippen LogP contribution >= 0.6 is 0 Å². The van der Waals surface area contributed by atoms with E-state index in [0.717, 1.165) is 19.3 Å². The standard InChI is InChI=1S/C13H15NO4/c15-12(9-4-2-1-3-5-9)14-8-10-6-7-11(18-10)13(16)17/h1-2,6-7,9H,3-5,8H2,(H,14,15)(H,16,17). The molecule has 1 aromatic rings. The van der Waals surface area contributed by atoms with E-state index in [1.807, 2.05) is 6.08 Å². The monoisotopic (exact) mass is 249 g/mol. The molecule has 1 atom stereocenters. The van der Waals surface area contributed by atoms with Crippen molar-refractivity contribution in [1.29, 1.82) is 0 Å². The van der Waals surface area contributed by atoms with Crippen molar-refractivity contribution in [1.82, 2.24) is 5.32 Å². The predicted molar refractivity (Wildman–Crippen MR) is 64.0 cm³/mol. The van der Waals surface area contributed by atoms with Crippen molar-refractivity contribution in [3.05, 3.63) is 35.8 Å². The summed E-state index contributed by atoms with van der Waals surface area (Å²) in [6.45, 7) is 0.228. The maximum absolute atomic E-state index is 11.8. The van der Waals surface area contributed by atoms with Crippen LogP contribution in [0.4, 0.5) is 0 Å². The van der Waals surface area contributed by atoms with E-state index in [1.165, 1.54) is 6.07 Å². The Kier molecular flexibility index (Phi) is 3.82. The van der Waals surface area contributed by atoms with Gasteiger partial charge in [0.25, 0.3) is 0 Å². The summed E-state index contributed by atoms with van der Waals surface area (Å²) in [5.41, 5.74) is 0. The van der Waals surface area contributed by atoms with Crippen molar-refractivity contribution < 1.29 is 19.1 Å². The Hall–Kier alpha value is -2.04. The van der Waals surface area contributed by atoms with Crippen LogP contribution in [0.15, 0.2) is 28.7 Å². The highest BCUT2D eigenvalue weighted by Gasteiger charge is 2.18. The molecule has 5 nitrogen and oxygen atoms in total. The number of carboxylic acids is 1. The lowest BCUT2D eigenvalue weighted by atomic mass is 9.94. The lowest BCUT2D eigenvalue weighted by Gasteiger charge is -2.16. The Bertz CT molecular complexity index is 475. The van der Waals surface area contributed by atoms with Crippen LogP contribution in [0.2, 0.25) is 0 Å². The molecule has 1 amide bonds. The highest BCUT2D eigenvalue weighted by atomic mass is 16.4. The molecule has 1 aliphatic rings. The molecule has 0 bridgehead atoms.